The summed E-state index contributed by atoms with van der Waals surface area (Å²) in [4.78, 5) is 12.7. The van der Waals surface area contributed by atoms with Crippen molar-refractivity contribution in [3.05, 3.63) is 71.3 Å². The molecule has 0 bridgehead atoms. The van der Waals surface area contributed by atoms with E-state index in [-0.39, 0.29) is 5.91 Å². The summed E-state index contributed by atoms with van der Waals surface area (Å²) in [6.45, 7) is 2.55. The van der Waals surface area contributed by atoms with E-state index in [9.17, 15) is 13.2 Å². The standard InChI is InChI=1S/C20H26N2O3S/c1-16-9-7-10-17(15-16)11-8-14-21-20(23)19(22(2)26(3,24)25)18-12-5-4-6-13-18/h4-7,9-10,12-13,15,19H,8,11,14H2,1-3H3,(H,21,23). The minimum atomic E-state index is -3.50. The van der Waals surface area contributed by atoms with Gasteiger partial charge in [0.25, 0.3) is 0 Å². The van der Waals surface area contributed by atoms with Crippen molar-refractivity contribution in [1.82, 2.24) is 9.62 Å². The van der Waals surface area contributed by atoms with E-state index < -0.39 is 16.1 Å². The maximum Gasteiger partial charge on any atom is 0.242 e. The molecule has 140 valence electrons. The first kappa shape index (κ1) is 20.1. The van der Waals surface area contributed by atoms with Crippen molar-refractivity contribution >= 4 is 15.9 Å². The fourth-order valence-electron chi connectivity index (χ4n) is 2.82. The van der Waals surface area contributed by atoms with E-state index in [4.69, 9.17) is 0 Å². The maximum atomic E-state index is 12.7. The summed E-state index contributed by atoms with van der Waals surface area (Å²) in [6, 6.07) is 16.4. The highest BCUT2D eigenvalue weighted by molar-refractivity contribution is 7.88. The number of amides is 1. The molecule has 0 fully saturated rings. The molecule has 0 saturated heterocycles. The second-order valence-electron chi connectivity index (χ2n) is 6.48. The first-order valence-electron chi connectivity index (χ1n) is 8.60. The molecule has 1 N–H and O–H groups in total. The van der Waals surface area contributed by atoms with Gasteiger partial charge in [-0.1, -0.05) is 60.2 Å². The van der Waals surface area contributed by atoms with E-state index >= 15 is 0 Å². The number of nitrogens with zero attached hydrogens (tertiary/aromatic N) is 1. The van der Waals surface area contributed by atoms with Crippen LogP contribution in [0.1, 0.15) is 29.2 Å². The van der Waals surface area contributed by atoms with Crippen LogP contribution >= 0.6 is 0 Å². The van der Waals surface area contributed by atoms with Crippen LogP contribution in [0.3, 0.4) is 0 Å². The number of hydrogen-bond donors (Lipinski definition) is 1. The van der Waals surface area contributed by atoms with Gasteiger partial charge in [0.05, 0.1) is 6.26 Å². The Bertz CT molecular complexity index is 835. The van der Waals surface area contributed by atoms with E-state index in [2.05, 4.69) is 30.4 Å². The van der Waals surface area contributed by atoms with Crippen molar-refractivity contribution in [2.75, 3.05) is 19.8 Å². The number of sulfonamides is 1. The molecule has 0 aromatic heterocycles. The molecule has 26 heavy (non-hydrogen) atoms. The number of carbonyl (C=O) groups excluding carboxylic acids is 1. The van der Waals surface area contributed by atoms with Gasteiger partial charge in [0.1, 0.15) is 6.04 Å². The van der Waals surface area contributed by atoms with Crippen molar-refractivity contribution in [2.45, 2.75) is 25.8 Å². The third-order valence-corrected chi connectivity index (χ3v) is 5.53. The lowest BCUT2D eigenvalue weighted by molar-refractivity contribution is -0.124. The zero-order chi connectivity index (χ0) is 19.2. The van der Waals surface area contributed by atoms with Gasteiger partial charge in [-0.15, -0.1) is 0 Å². The third kappa shape index (κ3) is 5.68. The summed E-state index contributed by atoms with van der Waals surface area (Å²) in [5.41, 5.74) is 3.09. The second-order valence-corrected chi connectivity index (χ2v) is 8.52. The van der Waals surface area contributed by atoms with Crippen molar-refractivity contribution < 1.29 is 13.2 Å². The van der Waals surface area contributed by atoms with Gasteiger partial charge >= 0.3 is 0 Å². The minimum Gasteiger partial charge on any atom is -0.354 e. The lowest BCUT2D eigenvalue weighted by Crippen LogP contribution is -2.41. The van der Waals surface area contributed by atoms with Crippen molar-refractivity contribution in [1.29, 1.82) is 0 Å². The molecular weight excluding hydrogens is 348 g/mol. The van der Waals surface area contributed by atoms with Crippen molar-refractivity contribution in [2.24, 2.45) is 0 Å². The van der Waals surface area contributed by atoms with E-state index in [0.717, 1.165) is 23.4 Å². The summed E-state index contributed by atoms with van der Waals surface area (Å²) in [5, 5.41) is 2.87. The molecule has 1 atom stereocenters. The summed E-state index contributed by atoms with van der Waals surface area (Å²) >= 11 is 0. The van der Waals surface area contributed by atoms with E-state index in [0.29, 0.717) is 12.1 Å². The smallest absolute Gasteiger partial charge is 0.242 e. The van der Waals surface area contributed by atoms with Crippen LogP contribution in [0, 0.1) is 6.92 Å². The largest absolute Gasteiger partial charge is 0.354 e. The Balaban J connectivity index is 2.00. The van der Waals surface area contributed by atoms with Gasteiger partial charge in [-0.05, 0) is 30.9 Å². The number of carbonyl (C=O) groups is 1. The van der Waals surface area contributed by atoms with Crippen molar-refractivity contribution in [3.63, 3.8) is 0 Å². The molecule has 0 saturated carbocycles. The fourth-order valence-corrected chi connectivity index (χ4v) is 3.42. The predicted molar refractivity (Wildman–Crippen MR) is 104 cm³/mol. The van der Waals surface area contributed by atoms with Crippen LogP contribution in [-0.4, -0.2) is 38.5 Å². The number of benzene rings is 2. The Hall–Kier alpha value is -2.18. The molecule has 0 heterocycles. The SMILES string of the molecule is Cc1cccc(CCCNC(=O)C(c2ccccc2)N(C)S(C)(=O)=O)c1. The monoisotopic (exact) mass is 374 g/mol. The Labute approximate surface area is 156 Å². The van der Waals surface area contributed by atoms with Crippen LogP contribution in [0.2, 0.25) is 0 Å². The Morgan fingerprint density at radius 1 is 1.12 bits per heavy atom. The second kappa shape index (κ2) is 8.96. The first-order valence-corrected chi connectivity index (χ1v) is 10.4. The molecule has 0 aliphatic heterocycles. The highest BCUT2D eigenvalue weighted by Crippen LogP contribution is 2.21. The first-order chi connectivity index (χ1) is 12.3. The Kier molecular flexibility index (Phi) is 6.94. The highest BCUT2D eigenvalue weighted by Gasteiger charge is 2.30. The van der Waals surface area contributed by atoms with Gasteiger partial charge in [-0.3, -0.25) is 4.79 Å². The summed E-state index contributed by atoms with van der Waals surface area (Å²) < 4.78 is 25.0. The molecule has 2 aromatic carbocycles. The van der Waals surface area contributed by atoms with Crippen LogP contribution in [0.25, 0.3) is 0 Å². The molecular formula is C20H26N2O3S. The van der Waals surface area contributed by atoms with Gasteiger partial charge in [0.15, 0.2) is 0 Å². The molecule has 1 amide bonds. The molecule has 0 spiro atoms. The van der Waals surface area contributed by atoms with E-state index in [1.165, 1.54) is 18.2 Å². The van der Waals surface area contributed by atoms with Gasteiger partial charge in [0, 0.05) is 13.6 Å². The summed E-state index contributed by atoms with van der Waals surface area (Å²) in [7, 11) is -2.07. The van der Waals surface area contributed by atoms with Gasteiger partial charge in [-0.25, -0.2) is 8.42 Å². The van der Waals surface area contributed by atoms with Crippen LogP contribution in [0.15, 0.2) is 54.6 Å². The minimum absolute atomic E-state index is 0.312. The molecule has 2 rings (SSSR count). The fraction of sp³-hybridized carbons (Fsp3) is 0.350. The van der Waals surface area contributed by atoms with Gasteiger partial charge < -0.3 is 5.32 Å². The third-order valence-electron chi connectivity index (χ3n) is 4.27. The predicted octanol–water partition coefficient (Wildman–Crippen LogP) is 2.68. The lowest BCUT2D eigenvalue weighted by Gasteiger charge is -2.25. The molecule has 6 heteroatoms. The van der Waals surface area contributed by atoms with E-state index in [1.807, 2.05) is 12.1 Å². The maximum absolute atomic E-state index is 12.7. The number of aryl methyl sites for hydroxylation is 2. The average Bonchev–Trinajstić information content (AvgIpc) is 2.59. The quantitative estimate of drug-likeness (QED) is 0.723. The number of hydrogen-bond acceptors (Lipinski definition) is 3. The lowest BCUT2D eigenvalue weighted by atomic mass is 10.1. The number of likely N-dealkylation sites (N-methyl/N-ethyl adjacent to an activating group) is 1. The molecule has 2 aromatic rings. The topological polar surface area (TPSA) is 66.5 Å². The zero-order valence-corrected chi connectivity index (χ0v) is 16.3. The molecule has 0 aliphatic rings. The summed E-state index contributed by atoms with van der Waals surface area (Å²) in [5.74, 6) is -0.312. The van der Waals surface area contributed by atoms with Crippen LogP contribution in [0.5, 0.6) is 0 Å². The van der Waals surface area contributed by atoms with E-state index in [1.54, 1.807) is 24.3 Å². The summed E-state index contributed by atoms with van der Waals surface area (Å²) in [6.07, 6.45) is 2.76. The molecule has 0 aliphatic carbocycles. The normalized spacial score (nSPS) is 12.8. The number of rotatable bonds is 8. The van der Waals surface area contributed by atoms with Gasteiger partial charge in [-0.2, -0.15) is 4.31 Å². The van der Waals surface area contributed by atoms with Crippen LogP contribution in [0.4, 0.5) is 0 Å². The number of nitrogens with one attached hydrogen (secondary N) is 1. The van der Waals surface area contributed by atoms with Gasteiger partial charge in [0.2, 0.25) is 15.9 Å². The van der Waals surface area contributed by atoms with Crippen molar-refractivity contribution in [3.8, 4) is 0 Å². The average molecular weight is 375 g/mol. The molecule has 5 nitrogen and oxygen atoms in total. The van der Waals surface area contributed by atoms with Crippen LogP contribution in [-0.2, 0) is 21.2 Å². The molecule has 0 radical (unpaired) electrons. The zero-order valence-electron chi connectivity index (χ0n) is 15.5. The Morgan fingerprint density at radius 2 is 1.81 bits per heavy atom. The Morgan fingerprint density at radius 3 is 2.42 bits per heavy atom. The highest BCUT2D eigenvalue weighted by atomic mass is 32.2. The van der Waals surface area contributed by atoms with Crippen LogP contribution < -0.4 is 5.32 Å². The molecule has 1 unspecified atom stereocenters.